The first-order chi connectivity index (χ1) is 17.7. The number of carbonyl (C=O) groups is 1. The fourth-order valence-corrected chi connectivity index (χ4v) is 5.92. The maximum absolute atomic E-state index is 13.5. The van der Waals surface area contributed by atoms with Crippen LogP contribution >= 0.6 is 0 Å². The molecule has 5 nitrogen and oxygen atoms in total. The molecule has 194 valence electrons. The molecule has 2 aliphatic rings. The summed E-state index contributed by atoms with van der Waals surface area (Å²) in [5.74, 6) is -0.314. The van der Waals surface area contributed by atoms with E-state index in [4.69, 9.17) is 18.9 Å². The molecule has 0 aromatic heterocycles. The number of hydrogen-bond acceptors (Lipinski definition) is 5. The average Bonchev–Trinajstić information content (AvgIpc) is 3.34. The van der Waals surface area contributed by atoms with Crippen molar-refractivity contribution >= 4 is 16.7 Å². The van der Waals surface area contributed by atoms with Gasteiger partial charge in [-0.25, -0.2) is 4.79 Å². The smallest absolute Gasteiger partial charge is 0.338 e. The number of benzene rings is 3. The SMILES string of the molecule is C=C1CC(C)CC(C(C)(C)OC(=O)C2COC(c3ccccc3)(c3ccc4ccccc4c3OC)O2)C1. The van der Waals surface area contributed by atoms with Crippen LogP contribution < -0.4 is 4.74 Å². The van der Waals surface area contributed by atoms with E-state index in [0.717, 1.165) is 35.6 Å². The van der Waals surface area contributed by atoms with Crippen LogP contribution in [-0.2, 0) is 24.8 Å². The van der Waals surface area contributed by atoms with E-state index in [1.54, 1.807) is 7.11 Å². The van der Waals surface area contributed by atoms with Crippen molar-refractivity contribution in [3.8, 4) is 5.75 Å². The molecule has 2 fully saturated rings. The van der Waals surface area contributed by atoms with Crippen molar-refractivity contribution in [1.82, 2.24) is 0 Å². The zero-order valence-corrected chi connectivity index (χ0v) is 22.2. The van der Waals surface area contributed by atoms with E-state index in [1.165, 1.54) is 5.57 Å². The second-order valence-electron chi connectivity index (χ2n) is 11.0. The molecule has 0 spiro atoms. The lowest BCUT2D eigenvalue weighted by atomic mass is 9.73. The number of esters is 1. The van der Waals surface area contributed by atoms with Crippen LogP contribution in [0.4, 0.5) is 0 Å². The normalized spacial score (nSPS) is 26.3. The number of hydrogen-bond donors (Lipinski definition) is 0. The summed E-state index contributed by atoms with van der Waals surface area (Å²) in [6.45, 7) is 10.5. The number of allylic oxidation sites excluding steroid dienone is 1. The van der Waals surface area contributed by atoms with Crippen molar-refractivity contribution < 1.29 is 23.7 Å². The number of carbonyl (C=O) groups excluding carboxylic acids is 1. The number of rotatable bonds is 6. The molecule has 37 heavy (non-hydrogen) atoms. The predicted molar refractivity (Wildman–Crippen MR) is 144 cm³/mol. The Balaban J connectivity index is 1.47. The topological polar surface area (TPSA) is 54.0 Å². The molecule has 1 aliphatic carbocycles. The van der Waals surface area contributed by atoms with E-state index in [9.17, 15) is 4.79 Å². The summed E-state index contributed by atoms with van der Waals surface area (Å²) in [5.41, 5.74) is 2.08. The molecule has 5 heteroatoms. The fourth-order valence-electron chi connectivity index (χ4n) is 5.92. The van der Waals surface area contributed by atoms with E-state index in [0.29, 0.717) is 17.2 Å². The Morgan fingerprint density at radius 2 is 1.76 bits per heavy atom. The minimum absolute atomic E-state index is 0.0770. The molecule has 4 atom stereocenters. The van der Waals surface area contributed by atoms with Gasteiger partial charge in [-0.15, -0.1) is 0 Å². The van der Waals surface area contributed by atoms with Crippen molar-refractivity contribution in [3.63, 3.8) is 0 Å². The summed E-state index contributed by atoms with van der Waals surface area (Å²) < 4.78 is 25.0. The molecular weight excluding hydrogens is 464 g/mol. The summed E-state index contributed by atoms with van der Waals surface area (Å²) in [5, 5.41) is 1.99. The van der Waals surface area contributed by atoms with Gasteiger partial charge in [-0.3, -0.25) is 0 Å². The van der Waals surface area contributed by atoms with E-state index in [-0.39, 0.29) is 12.5 Å². The summed E-state index contributed by atoms with van der Waals surface area (Å²) >= 11 is 0. The Morgan fingerprint density at radius 1 is 1.03 bits per heavy atom. The number of methoxy groups -OCH3 is 1. The minimum Gasteiger partial charge on any atom is -0.496 e. The van der Waals surface area contributed by atoms with Gasteiger partial charge in [0.2, 0.25) is 5.79 Å². The van der Waals surface area contributed by atoms with Gasteiger partial charge in [0.15, 0.2) is 6.10 Å². The molecule has 1 heterocycles. The third-order valence-electron chi connectivity index (χ3n) is 7.81. The van der Waals surface area contributed by atoms with Crippen molar-refractivity contribution in [3.05, 3.63) is 90.0 Å². The first-order valence-corrected chi connectivity index (χ1v) is 13.1. The molecule has 5 rings (SSSR count). The van der Waals surface area contributed by atoms with Gasteiger partial charge in [0.05, 0.1) is 19.3 Å². The summed E-state index contributed by atoms with van der Waals surface area (Å²) in [7, 11) is 1.65. The highest BCUT2D eigenvalue weighted by molar-refractivity contribution is 5.90. The van der Waals surface area contributed by atoms with Crippen LogP contribution in [0.2, 0.25) is 0 Å². The van der Waals surface area contributed by atoms with E-state index >= 15 is 0 Å². The molecular formula is C32H36O5. The molecule has 1 saturated heterocycles. The highest BCUT2D eigenvalue weighted by atomic mass is 16.8. The van der Waals surface area contributed by atoms with Gasteiger partial charge >= 0.3 is 5.97 Å². The Hall–Kier alpha value is -3.15. The van der Waals surface area contributed by atoms with Gasteiger partial charge in [0.25, 0.3) is 0 Å². The molecule has 0 amide bonds. The van der Waals surface area contributed by atoms with Crippen LogP contribution in [0.25, 0.3) is 10.8 Å². The lowest BCUT2D eigenvalue weighted by molar-refractivity contribution is -0.186. The van der Waals surface area contributed by atoms with Crippen molar-refractivity contribution in [1.29, 1.82) is 0 Å². The molecule has 0 radical (unpaired) electrons. The third kappa shape index (κ3) is 4.78. The van der Waals surface area contributed by atoms with Crippen molar-refractivity contribution in [2.75, 3.05) is 13.7 Å². The van der Waals surface area contributed by atoms with Crippen LogP contribution in [-0.4, -0.2) is 31.4 Å². The molecule has 0 N–H and O–H groups in total. The van der Waals surface area contributed by atoms with Gasteiger partial charge < -0.3 is 18.9 Å². The summed E-state index contributed by atoms with van der Waals surface area (Å²) in [6.07, 6.45) is 2.03. The van der Waals surface area contributed by atoms with Crippen LogP contribution in [0.1, 0.15) is 51.2 Å². The lowest BCUT2D eigenvalue weighted by Crippen LogP contribution is -2.43. The molecule has 0 bridgehead atoms. The Labute approximate surface area is 219 Å². The van der Waals surface area contributed by atoms with Gasteiger partial charge in [-0.2, -0.15) is 0 Å². The first-order valence-electron chi connectivity index (χ1n) is 13.1. The van der Waals surface area contributed by atoms with Crippen LogP contribution in [0.15, 0.2) is 78.9 Å². The highest BCUT2D eigenvalue weighted by Crippen LogP contribution is 2.47. The minimum atomic E-state index is -1.31. The second kappa shape index (κ2) is 9.96. The Bertz CT molecular complexity index is 1300. The van der Waals surface area contributed by atoms with Gasteiger partial charge in [0, 0.05) is 16.9 Å². The molecule has 3 aromatic rings. The molecule has 1 saturated carbocycles. The first kappa shape index (κ1) is 25.5. The Kier molecular flexibility index (Phi) is 6.86. The van der Waals surface area contributed by atoms with E-state index < -0.39 is 23.5 Å². The number of fused-ring (bicyclic) bond motifs is 1. The maximum atomic E-state index is 13.5. The Morgan fingerprint density at radius 3 is 2.49 bits per heavy atom. The second-order valence-corrected chi connectivity index (χ2v) is 11.0. The highest BCUT2D eigenvalue weighted by Gasteiger charge is 2.51. The standard InChI is InChI=1S/C32H36O5/c1-21-17-22(2)19-25(18-21)31(3,4)37-30(33)28-20-35-32(36-28,24-12-7-6-8-13-24)27-16-15-23-11-9-10-14-26(23)29(27)34-5/h6-16,22,25,28H,1,17-20H2,2-5H3. The van der Waals surface area contributed by atoms with E-state index in [1.807, 2.05) is 80.6 Å². The molecule has 3 aromatic carbocycles. The van der Waals surface area contributed by atoms with Gasteiger partial charge in [0.1, 0.15) is 11.4 Å². The van der Waals surface area contributed by atoms with Crippen molar-refractivity contribution in [2.24, 2.45) is 11.8 Å². The fraction of sp³-hybridized carbons (Fsp3) is 0.406. The summed E-state index contributed by atoms with van der Waals surface area (Å²) in [4.78, 5) is 13.5. The van der Waals surface area contributed by atoms with Crippen LogP contribution in [0.5, 0.6) is 5.75 Å². The van der Waals surface area contributed by atoms with Crippen molar-refractivity contribution in [2.45, 2.75) is 57.5 Å². The van der Waals surface area contributed by atoms with Crippen LogP contribution in [0.3, 0.4) is 0 Å². The average molecular weight is 501 g/mol. The number of ether oxygens (including phenoxy) is 4. The zero-order chi connectivity index (χ0) is 26.2. The van der Waals surface area contributed by atoms with Gasteiger partial charge in [-0.05, 0) is 50.5 Å². The zero-order valence-electron chi connectivity index (χ0n) is 22.2. The lowest BCUT2D eigenvalue weighted by Gasteiger charge is -2.39. The quantitative estimate of drug-likeness (QED) is 0.276. The van der Waals surface area contributed by atoms with Crippen LogP contribution in [0, 0.1) is 11.8 Å². The largest absolute Gasteiger partial charge is 0.496 e. The summed E-state index contributed by atoms with van der Waals surface area (Å²) in [6, 6.07) is 21.7. The third-order valence-corrected chi connectivity index (χ3v) is 7.81. The molecule has 1 aliphatic heterocycles. The molecule has 4 unspecified atom stereocenters. The van der Waals surface area contributed by atoms with Gasteiger partial charge in [-0.1, -0.05) is 79.7 Å². The monoisotopic (exact) mass is 500 g/mol. The maximum Gasteiger partial charge on any atom is 0.338 e. The predicted octanol–water partition coefficient (Wildman–Crippen LogP) is 6.78. The van der Waals surface area contributed by atoms with E-state index in [2.05, 4.69) is 13.5 Å².